The minimum Gasteiger partial charge on any atom is -0.494 e. The standard InChI is InChI=1S/C12H15FO2/c1-15-12-6-5-8(7-10(12)13)9-3-2-4-11(9)14/h5-7,9,11,14H,2-4H2,1H3. The van der Waals surface area contributed by atoms with Crippen LogP contribution < -0.4 is 4.74 Å². The van der Waals surface area contributed by atoms with Gasteiger partial charge in [0, 0.05) is 5.92 Å². The van der Waals surface area contributed by atoms with Crippen LogP contribution in [0.1, 0.15) is 30.7 Å². The van der Waals surface area contributed by atoms with Crippen molar-refractivity contribution in [1.82, 2.24) is 0 Å². The van der Waals surface area contributed by atoms with Gasteiger partial charge in [0.25, 0.3) is 0 Å². The van der Waals surface area contributed by atoms with E-state index in [0.29, 0.717) is 0 Å². The molecule has 3 heteroatoms. The number of ether oxygens (including phenoxy) is 1. The van der Waals surface area contributed by atoms with Crippen molar-refractivity contribution in [3.8, 4) is 5.75 Å². The number of methoxy groups -OCH3 is 1. The van der Waals surface area contributed by atoms with E-state index < -0.39 is 0 Å². The van der Waals surface area contributed by atoms with Gasteiger partial charge in [-0.1, -0.05) is 12.5 Å². The summed E-state index contributed by atoms with van der Waals surface area (Å²) in [7, 11) is 1.45. The third kappa shape index (κ3) is 1.97. The highest BCUT2D eigenvalue weighted by Crippen LogP contribution is 2.35. The summed E-state index contributed by atoms with van der Waals surface area (Å²) in [5, 5.41) is 9.71. The molecule has 0 spiro atoms. The summed E-state index contributed by atoms with van der Waals surface area (Å²) in [6.07, 6.45) is 2.45. The number of hydrogen-bond acceptors (Lipinski definition) is 2. The number of aliphatic hydroxyl groups is 1. The Morgan fingerprint density at radius 1 is 1.40 bits per heavy atom. The zero-order valence-electron chi connectivity index (χ0n) is 8.74. The summed E-state index contributed by atoms with van der Waals surface area (Å²) in [5.74, 6) is -0.00857. The highest BCUT2D eigenvalue weighted by Gasteiger charge is 2.27. The van der Waals surface area contributed by atoms with Crippen molar-refractivity contribution < 1.29 is 14.2 Å². The number of rotatable bonds is 2. The van der Waals surface area contributed by atoms with Crippen LogP contribution in [0.4, 0.5) is 4.39 Å². The van der Waals surface area contributed by atoms with Gasteiger partial charge in [-0.3, -0.25) is 0 Å². The fourth-order valence-corrected chi connectivity index (χ4v) is 2.24. The van der Waals surface area contributed by atoms with E-state index in [0.717, 1.165) is 24.8 Å². The van der Waals surface area contributed by atoms with Crippen LogP contribution in [0.2, 0.25) is 0 Å². The molecule has 1 N–H and O–H groups in total. The van der Waals surface area contributed by atoms with E-state index in [1.807, 2.05) is 6.07 Å². The normalized spacial score (nSPS) is 25.5. The minimum absolute atomic E-state index is 0.0883. The zero-order chi connectivity index (χ0) is 10.8. The molecule has 0 aromatic heterocycles. The molecule has 2 rings (SSSR count). The first-order valence-electron chi connectivity index (χ1n) is 5.24. The molecule has 2 unspecified atom stereocenters. The van der Waals surface area contributed by atoms with Crippen molar-refractivity contribution in [1.29, 1.82) is 0 Å². The van der Waals surface area contributed by atoms with E-state index in [1.165, 1.54) is 13.2 Å². The zero-order valence-corrected chi connectivity index (χ0v) is 8.74. The molecule has 2 nitrogen and oxygen atoms in total. The Hall–Kier alpha value is -1.09. The van der Waals surface area contributed by atoms with E-state index in [4.69, 9.17) is 4.74 Å². The summed E-state index contributed by atoms with van der Waals surface area (Å²) in [6, 6.07) is 4.93. The van der Waals surface area contributed by atoms with E-state index in [2.05, 4.69) is 0 Å². The van der Waals surface area contributed by atoms with Crippen LogP contribution in [0, 0.1) is 5.82 Å². The van der Waals surface area contributed by atoms with Gasteiger partial charge < -0.3 is 9.84 Å². The average Bonchev–Trinajstić information content (AvgIpc) is 2.64. The Morgan fingerprint density at radius 2 is 2.20 bits per heavy atom. The van der Waals surface area contributed by atoms with Gasteiger partial charge in [-0.05, 0) is 30.5 Å². The first-order chi connectivity index (χ1) is 7.22. The van der Waals surface area contributed by atoms with Crippen LogP contribution in [0.15, 0.2) is 18.2 Å². The monoisotopic (exact) mass is 210 g/mol. The summed E-state index contributed by atoms with van der Waals surface area (Å²) in [6.45, 7) is 0. The maximum atomic E-state index is 13.4. The molecule has 15 heavy (non-hydrogen) atoms. The van der Waals surface area contributed by atoms with Crippen LogP contribution in [0.5, 0.6) is 5.75 Å². The van der Waals surface area contributed by atoms with Crippen LogP contribution in [0.3, 0.4) is 0 Å². The van der Waals surface area contributed by atoms with Gasteiger partial charge in [-0.25, -0.2) is 4.39 Å². The molecule has 1 aliphatic rings. The largest absolute Gasteiger partial charge is 0.494 e. The fraction of sp³-hybridized carbons (Fsp3) is 0.500. The molecule has 0 bridgehead atoms. The fourth-order valence-electron chi connectivity index (χ4n) is 2.24. The molecule has 0 aliphatic heterocycles. The number of hydrogen-bond donors (Lipinski definition) is 1. The van der Waals surface area contributed by atoms with Crippen LogP contribution in [-0.4, -0.2) is 18.3 Å². The second-order valence-corrected chi connectivity index (χ2v) is 4.00. The summed E-state index contributed by atoms with van der Waals surface area (Å²) in [5.41, 5.74) is 0.873. The second kappa shape index (κ2) is 4.19. The second-order valence-electron chi connectivity index (χ2n) is 4.00. The number of aliphatic hydroxyl groups excluding tert-OH is 1. The van der Waals surface area contributed by atoms with E-state index in [9.17, 15) is 9.50 Å². The molecule has 1 aliphatic carbocycles. The maximum Gasteiger partial charge on any atom is 0.165 e. The molecule has 2 atom stereocenters. The quantitative estimate of drug-likeness (QED) is 0.812. The van der Waals surface area contributed by atoms with Gasteiger partial charge in [0.2, 0.25) is 0 Å². The van der Waals surface area contributed by atoms with Crippen LogP contribution in [-0.2, 0) is 0 Å². The van der Waals surface area contributed by atoms with Crippen molar-refractivity contribution in [3.63, 3.8) is 0 Å². The van der Waals surface area contributed by atoms with Crippen LogP contribution in [0.25, 0.3) is 0 Å². The lowest BCUT2D eigenvalue weighted by molar-refractivity contribution is 0.163. The van der Waals surface area contributed by atoms with Gasteiger partial charge in [-0.2, -0.15) is 0 Å². The molecule has 82 valence electrons. The third-order valence-corrected chi connectivity index (χ3v) is 3.08. The van der Waals surface area contributed by atoms with E-state index >= 15 is 0 Å². The SMILES string of the molecule is COc1ccc(C2CCCC2O)cc1F. The molecule has 0 heterocycles. The molecule has 0 saturated heterocycles. The topological polar surface area (TPSA) is 29.5 Å². The van der Waals surface area contributed by atoms with Crippen molar-refractivity contribution in [3.05, 3.63) is 29.6 Å². The smallest absolute Gasteiger partial charge is 0.165 e. The molecule has 1 aromatic carbocycles. The highest BCUT2D eigenvalue weighted by molar-refractivity contribution is 5.32. The minimum atomic E-state index is -0.353. The molecule has 1 saturated carbocycles. The lowest BCUT2D eigenvalue weighted by Crippen LogP contribution is -2.11. The van der Waals surface area contributed by atoms with Gasteiger partial charge in [-0.15, -0.1) is 0 Å². The Morgan fingerprint density at radius 3 is 2.73 bits per heavy atom. The Balaban J connectivity index is 2.25. The summed E-state index contributed by atoms with van der Waals surface area (Å²) in [4.78, 5) is 0. The van der Waals surface area contributed by atoms with Gasteiger partial charge in [0.05, 0.1) is 13.2 Å². The van der Waals surface area contributed by atoms with Crippen molar-refractivity contribution >= 4 is 0 Å². The van der Waals surface area contributed by atoms with E-state index in [-0.39, 0.29) is 23.6 Å². The van der Waals surface area contributed by atoms with Gasteiger partial charge in [0.1, 0.15) is 0 Å². The molecular weight excluding hydrogens is 195 g/mol. The molecule has 1 fully saturated rings. The van der Waals surface area contributed by atoms with Crippen molar-refractivity contribution in [2.75, 3.05) is 7.11 Å². The Labute approximate surface area is 88.7 Å². The predicted molar refractivity (Wildman–Crippen MR) is 55.6 cm³/mol. The molecule has 0 radical (unpaired) electrons. The number of halogens is 1. The van der Waals surface area contributed by atoms with Crippen LogP contribution >= 0.6 is 0 Å². The summed E-state index contributed by atoms with van der Waals surface area (Å²) >= 11 is 0. The first-order valence-corrected chi connectivity index (χ1v) is 5.24. The molecular formula is C12H15FO2. The lowest BCUT2D eigenvalue weighted by Gasteiger charge is -2.15. The maximum absolute atomic E-state index is 13.4. The van der Waals surface area contributed by atoms with Gasteiger partial charge >= 0.3 is 0 Å². The number of benzene rings is 1. The average molecular weight is 210 g/mol. The third-order valence-electron chi connectivity index (χ3n) is 3.08. The molecule has 0 amide bonds. The Kier molecular flexibility index (Phi) is 2.91. The highest BCUT2D eigenvalue weighted by atomic mass is 19.1. The first kappa shape index (κ1) is 10.4. The predicted octanol–water partition coefficient (Wildman–Crippen LogP) is 2.46. The Bertz CT molecular complexity index is 351. The van der Waals surface area contributed by atoms with Crippen molar-refractivity contribution in [2.45, 2.75) is 31.3 Å². The van der Waals surface area contributed by atoms with Gasteiger partial charge in [0.15, 0.2) is 11.6 Å². The summed E-state index contributed by atoms with van der Waals surface area (Å²) < 4.78 is 18.3. The lowest BCUT2D eigenvalue weighted by atomic mass is 9.95. The molecule has 1 aromatic rings. The van der Waals surface area contributed by atoms with Crippen molar-refractivity contribution in [2.24, 2.45) is 0 Å². The van der Waals surface area contributed by atoms with E-state index in [1.54, 1.807) is 6.07 Å².